The van der Waals surface area contributed by atoms with Gasteiger partial charge in [0, 0.05) is 37.0 Å². The van der Waals surface area contributed by atoms with E-state index in [0.29, 0.717) is 0 Å². The summed E-state index contributed by atoms with van der Waals surface area (Å²) in [5.41, 5.74) is 3.58. The summed E-state index contributed by atoms with van der Waals surface area (Å²) in [5.74, 6) is 0. The van der Waals surface area contributed by atoms with Gasteiger partial charge in [0.1, 0.15) is 0 Å². The number of nitrogens with zero attached hydrogens (tertiary/aromatic N) is 1. The molecule has 0 saturated carbocycles. The van der Waals surface area contributed by atoms with Gasteiger partial charge in [0.2, 0.25) is 0 Å². The molecule has 0 aromatic heterocycles. The quantitative estimate of drug-likeness (QED) is 0.893. The molecule has 3 heteroatoms. The Bertz CT molecular complexity index is 491. The Labute approximate surface area is 113 Å². The Kier molecular flexibility index (Phi) is 4.11. The topological polar surface area (TPSA) is 15.3 Å². The van der Waals surface area contributed by atoms with Crippen LogP contribution < -0.4 is 10.2 Å². The molecular weight excluding hydrogens is 244 g/mol. The average Bonchev–Trinajstić information content (AvgIpc) is 2.40. The van der Waals surface area contributed by atoms with Gasteiger partial charge in [-0.1, -0.05) is 23.7 Å². The van der Waals surface area contributed by atoms with Crippen molar-refractivity contribution >= 4 is 23.0 Å². The monoisotopic (exact) mass is 260 g/mol. The first-order valence-corrected chi connectivity index (χ1v) is 6.30. The fraction of sp³-hybridized carbons (Fsp3) is 0.200. The number of rotatable bonds is 4. The van der Waals surface area contributed by atoms with E-state index in [1.807, 2.05) is 31.3 Å². The molecule has 0 unspecified atom stereocenters. The number of benzene rings is 2. The van der Waals surface area contributed by atoms with E-state index in [-0.39, 0.29) is 0 Å². The molecule has 18 heavy (non-hydrogen) atoms. The van der Waals surface area contributed by atoms with Crippen molar-refractivity contribution in [2.24, 2.45) is 0 Å². The van der Waals surface area contributed by atoms with E-state index in [1.54, 1.807) is 0 Å². The molecule has 0 atom stereocenters. The van der Waals surface area contributed by atoms with Crippen LogP contribution >= 0.6 is 11.6 Å². The summed E-state index contributed by atoms with van der Waals surface area (Å²) in [7, 11) is 4.00. The normalized spacial score (nSPS) is 10.2. The molecule has 0 fully saturated rings. The lowest BCUT2D eigenvalue weighted by molar-refractivity contribution is 0.923. The van der Waals surface area contributed by atoms with Crippen LogP contribution in [-0.4, -0.2) is 14.1 Å². The second-order valence-electron chi connectivity index (χ2n) is 4.28. The molecule has 2 aromatic rings. The first-order valence-electron chi connectivity index (χ1n) is 5.92. The van der Waals surface area contributed by atoms with Crippen molar-refractivity contribution in [3.63, 3.8) is 0 Å². The molecule has 0 bridgehead atoms. The second-order valence-corrected chi connectivity index (χ2v) is 4.72. The molecule has 0 amide bonds. The zero-order valence-corrected chi connectivity index (χ0v) is 11.4. The van der Waals surface area contributed by atoms with Gasteiger partial charge in [-0.05, 0) is 42.0 Å². The predicted octanol–water partition coefficient (Wildman–Crippen LogP) is 4.02. The van der Waals surface area contributed by atoms with E-state index in [1.165, 1.54) is 5.56 Å². The highest BCUT2D eigenvalue weighted by molar-refractivity contribution is 6.30. The highest BCUT2D eigenvalue weighted by Gasteiger charge is 2.02. The van der Waals surface area contributed by atoms with E-state index in [2.05, 4.69) is 41.5 Å². The van der Waals surface area contributed by atoms with Gasteiger partial charge in [-0.15, -0.1) is 0 Å². The lowest BCUT2D eigenvalue weighted by Gasteiger charge is -2.19. The lowest BCUT2D eigenvalue weighted by atomic mass is 10.2. The van der Waals surface area contributed by atoms with Gasteiger partial charge < -0.3 is 10.2 Å². The van der Waals surface area contributed by atoms with Crippen molar-refractivity contribution in [2.45, 2.75) is 6.54 Å². The van der Waals surface area contributed by atoms with Crippen LogP contribution in [0.15, 0.2) is 48.5 Å². The van der Waals surface area contributed by atoms with Crippen molar-refractivity contribution in [3.8, 4) is 0 Å². The Morgan fingerprint density at radius 1 is 1.00 bits per heavy atom. The van der Waals surface area contributed by atoms with Crippen LogP contribution in [0.3, 0.4) is 0 Å². The molecule has 1 N–H and O–H groups in total. The van der Waals surface area contributed by atoms with Crippen molar-refractivity contribution < 1.29 is 0 Å². The molecule has 0 aliphatic carbocycles. The van der Waals surface area contributed by atoms with Gasteiger partial charge in [0.25, 0.3) is 0 Å². The van der Waals surface area contributed by atoms with E-state index in [0.717, 1.165) is 22.9 Å². The molecule has 0 heterocycles. The van der Waals surface area contributed by atoms with Gasteiger partial charge in [-0.3, -0.25) is 0 Å². The maximum absolute atomic E-state index is 5.88. The van der Waals surface area contributed by atoms with Crippen molar-refractivity contribution in [3.05, 3.63) is 59.1 Å². The molecule has 94 valence electrons. The lowest BCUT2D eigenvalue weighted by Crippen LogP contribution is -2.16. The number of halogens is 1. The number of nitrogens with one attached hydrogen (secondary N) is 1. The number of hydrogen-bond donors (Lipinski definition) is 1. The van der Waals surface area contributed by atoms with Gasteiger partial charge >= 0.3 is 0 Å². The van der Waals surface area contributed by atoms with Crippen molar-refractivity contribution in [1.29, 1.82) is 0 Å². The van der Waals surface area contributed by atoms with Crippen molar-refractivity contribution in [2.75, 3.05) is 24.3 Å². The molecule has 0 aliphatic rings. The molecule has 0 aliphatic heterocycles. The fourth-order valence-corrected chi connectivity index (χ4v) is 1.96. The van der Waals surface area contributed by atoms with E-state index in [9.17, 15) is 0 Å². The molecule has 0 spiro atoms. The Hall–Kier alpha value is -1.67. The molecular formula is C15H17ClN2. The average molecular weight is 261 g/mol. The van der Waals surface area contributed by atoms with E-state index >= 15 is 0 Å². The molecule has 0 saturated heterocycles. The highest BCUT2D eigenvalue weighted by Crippen LogP contribution is 2.19. The standard InChI is InChI=1S/C15H17ClN2/c1-17-14-7-3-12(4-8-14)11-18(2)15-9-5-13(16)6-10-15/h3-10,17H,11H2,1-2H3. The fourth-order valence-electron chi connectivity index (χ4n) is 1.84. The molecule has 2 aromatic carbocycles. The van der Waals surface area contributed by atoms with Gasteiger partial charge in [0.15, 0.2) is 0 Å². The number of hydrogen-bond acceptors (Lipinski definition) is 2. The van der Waals surface area contributed by atoms with Crippen LogP contribution in [0.4, 0.5) is 11.4 Å². The Morgan fingerprint density at radius 2 is 1.61 bits per heavy atom. The Morgan fingerprint density at radius 3 is 2.17 bits per heavy atom. The minimum atomic E-state index is 0.769. The zero-order chi connectivity index (χ0) is 13.0. The zero-order valence-electron chi connectivity index (χ0n) is 10.7. The third-order valence-electron chi connectivity index (χ3n) is 2.93. The van der Waals surface area contributed by atoms with Crippen LogP contribution in [0.25, 0.3) is 0 Å². The van der Waals surface area contributed by atoms with Gasteiger partial charge in [-0.2, -0.15) is 0 Å². The van der Waals surface area contributed by atoms with Crippen LogP contribution in [0.2, 0.25) is 5.02 Å². The minimum Gasteiger partial charge on any atom is -0.388 e. The molecule has 2 nitrogen and oxygen atoms in total. The minimum absolute atomic E-state index is 0.769. The third kappa shape index (κ3) is 3.17. The van der Waals surface area contributed by atoms with Crippen LogP contribution in [-0.2, 0) is 6.54 Å². The second kappa shape index (κ2) is 5.78. The van der Waals surface area contributed by atoms with Crippen LogP contribution in [0.1, 0.15) is 5.56 Å². The summed E-state index contributed by atoms with van der Waals surface area (Å²) >= 11 is 5.88. The van der Waals surface area contributed by atoms with Crippen molar-refractivity contribution in [1.82, 2.24) is 0 Å². The smallest absolute Gasteiger partial charge is 0.0426 e. The van der Waals surface area contributed by atoms with Crippen LogP contribution in [0.5, 0.6) is 0 Å². The predicted molar refractivity (Wildman–Crippen MR) is 79.5 cm³/mol. The highest BCUT2D eigenvalue weighted by atomic mass is 35.5. The summed E-state index contributed by atoms with van der Waals surface area (Å²) in [5, 5.41) is 3.89. The van der Waals surface area contributed by atoms with E-state index in [4.69, 9.17) is 11.6 Å². The largest absolute Gasteiger partial charge is 0.388 e. The van der Waals surface area contributed by atoms with Crippen LogP contribution in [0, 0.1) is 0 Å². The first-order chi connectivity index (χ1) is 8.69. The third-order valence-corrected chi connectivity index (χ3v) is 3.18. The summed E-state index contributed by atoms with van der Waals surface area (Å²) in [6.45, 7) is 0.881. The SMILES string of the molecule is CNc1ccc(CN(C)c2ccc(Cl)cc2)cc1. The summed E-state index contributed by atoms with van der Waals surface area (Å²) in [4.78, 5) is 2.20. The number of anilines is 2. The summed E-state index contributed by atoms with van der Waals surface area (Å²) in [6, 6.07) is 16.3. The maximum Gasteiger partial charge on any atom is 0.0426 e. The molecule has 2 rings (SSSR count). The van der Waals surface area contributed by atoms with E-state index < -0.39 is 0 Å². The summed E-state index contributed by atoms with van der Waals surface area (Å²) < 4.78 is 0. The Balaban J connectivity index is 2.05. The van der Waals surface area contributed by atoms with Gasteiger partial charge in [-0.25, -0.2) is 0 Å². The van der Waals surface area contributed by atoms with Gasteiger partial charge in [0.05, 0.1) is 0 Å². The summed E-state index contributed by atoms with van der Waals surface area (Å²) in [6.07, 6.45) is 0. The first kappa shape index (κ1) is 12.8. The molecule has 0 radical (unpaired) electrons. The maximum atomic E-state index is 5.88.